The number of carbonyl (C=O) groups is 1. The summed E-state index contributed by atoms with van der Waals surface area (Å²) in [4.78, 5) is 13.5. The molecule has 0 spiro atoms. The van der Waals surface area contributed by atoms with Crippen LogP contribution in [0, 0.1) is 5.82 Å². The third-order valence-corrected chi connectivity index (χ3v) is 6.21. The van der Waals surface area contributed by atoms with E-state index in [0.29, 0.717) is 18.4 Å². The molecule has 1 aliphatic carbocycles. The molecule has 1 heterocycles. The maximum atomic E-state index is 14.1. The summed E-state index contributed by atoms with van der Waals surface area (Å²) in [5, 5.41) is 7.01. The minimum absolute atomic E-state index is 0.0651. The van der Waals surface area contributed by atoms with Crippen molar-refractivity contribution in [2.75, 3.05) is 10.6 Å². The van der Waals surface area contributed by atoms with Crippen LogP contribution < -0.4 is 15.4 Å². The topological polar surface area (TPSA) is 50.4 Å². The predicted octanol–water partition coefficient (Wildman–Crippen LogP) is 6.59. The highest BCUT2D eigenvalue weighted by Crippen LogP contribution is 2.44. The molecule has 0 saturated heterocycles. The summed E-state index contributed by atoms with van der Waals surface area (Å²) in [6, 6.07) is 22.0. The number of hydrogen-bond donors (Lipinski definition) is 2. The van der Waals surface area contributed by atoms with Crippen LogP contribution in [0.15, 0.2) is 84.1 Å². The molecule has 168 valence electrons. The standard InChI is InChI=1S/C28H27FN2O2/c1-17(2)33-22-12-10-18(11-13-22)20-15-25-27(26(32)16-20)28(19-6-5-7-21(29)14-19)31-24-9-4-3-8-23(24)30-25/h3-14,17,20,28,30-31H,15-16H2,1-2H3. The van der Waals surface area contributed by atoms with Gasteiger partial charge in [-0.3, -0.25) is 4.79 Å². The van der Waals surface area contributed by atoms with Gasteiger partial charge in [0, 0.05) is 17.7 Å². The second kappa shape index (κ2) is 8.74. The molecule has 2 aliphatic rings. The molecule has 1 aliphatic heterocycles. The average molecular weight is 443 g/mol. The van der Waals surface area contributed by atoms with Crippen LogP contribution in [0.1, 0.15) is 49.8 Å². The number of carbonyl (C=O) groups excluding carboxylic acids is 1. The Morgan fingerprint density at radius 2 is 1.67 bits per heavy atom. The molecule has 3 aromatic rings. The Hall–Kier alpha value is -3.60. The molecular weight excluding hydrogens is 415 g/mol. The molecule has 0 fully saturated rings. The van der Waals surface area contributed by atoms with Crippen molar-refractivity contribution in [3.8, 4) is 5.75 Å². The highest BCUT2D eigenvalue weighted by Gasteiger charge is 2.36. The lowest BCUT2D eigenvalue weighted by molar-refractivity contribution is -0.116. The monoisotopic (exact) mass is 442 g/mol. The van der Waals surface area contributed by atoms with Crippen LogP contribution in [0.5, 0.6) is 5.75 Å². The van der Waals surface area contributed by atoms with Gasteiger partial charge >= 0.3 is 0 Å². The van der Waals surface area contributed by atoms with Crippen molar-refractivity contribution >= 4 is 17.2 Å². The summed E-state index contributed by atoms with van der Waals surface area (Å²) in [5.74, 6) is 0.653. The van der Waals surface area contributed by atoms with E-state index in [1.165, 1.54) is 12.1 Å². The van der Waals surface area contributed by atoms with Crippen LogP contribution in [-0.2, 0) is 4.79 Å². The lowest BCUT2D eigenvalue weighted by Crippen LogP contribution is -2.27. The van der Waals surface area contributed by atoms with Gasteiger partial charge in [0.25, 0.3) is 0 Å². The molecule has 2 unspecified atom stereocenters. The second-order valence-corrected chi connectivity index (χ2v) is 8.96. The zero-order chi connectivity index (χ0) is 22.9. The third-order valence-electron chi connectivity index (χ3n) is 6.21. The molecular formula is C28H27FN2O2. The third kappa shape index (κ3) is 4.36. The highest BCUT2D eigenvalue weighted by molar-refractivity contribution is 6.01. The Balaban J connectivity index is 1.52. The normalized spacial score (nSPS) is 19.8. The minimum atomic E-state index is -0.415. The summed E-state index contributed by atoms with van der Waals surface area (Å²) < 4.78 is 19.8. The number of allylic oxidation sites excluding steroid dienone is 1. The number of fused-ring (bicyclic) bond motifs is 1. The van der Waals surface area contributed by atoms with Gasteiger partial charge in [-0.2, -0.15) is 0 Å². The average Bonchev–Trinajstić information content (AvgIpc) is 2.96. The zero-order valence-corrected chi connectivity index (χ0v) is 18.8. The summed E-state index contributed by atoms with van der Waals surface area (Å²) >= 11 is 0. The molecule has 0 amide bonds. The van der Waals surface area contributed by atoms with Crippen LogP contribution >= 0.6 is 0 Å². The van der Waals surface area contributed by atoms with Crippen molar-refractivity contribution in [3.63, 3.8) is 0 Å². The number of Topliss-reactive ketones (excluding diaryl/α,β-unsaturated/α-hetero) is 1. The Labute approximate surface area is 193 Å². The van der Waals surface area contributed by atoms with E-state index in [1.807, 2.05) is 68.4 Å². The van der Waals surface area contributed by atoms with Gasteiger partial charge in [0.15, 0.2) is 5.78 Å². The summed E-state index contributed by atoms with van der Waals surface area (Å²) in [6.07, 6.45) is 1.23. The maximum absolute atomic E-state index is 14.1. The van der Waals surface area contributed by atoms with Crippen molar-refractivity contribution in [1.82, 2.24) is 0 Å². The van der Waals surface area contributed by atoms with E-state index >= 15 is 0 Å². The molecule has 2 N–H and O–H groups in total. The summed E-state index contributed by atoms with van der Waals surface area (Å²) in [7, 11) is 0. The van der Waals surface area contributed by atoms with E-state index in [1.54, 1.807) is 6.07 Å². The molecule has 33 heavy (non-hydrogen) atoms. The summed E-state index contributed by atoms with van der Waals surface area (Å²) in [6.45, 7) is 4.00. The van der Waals surface area contributed by atoms with Crippen molar-refractivity contribution < 1.29 is 13.9 Å². The first-order chi connectivity index (χ1) is 16.0. The first-order valence-electron chi connectivity index (χ1n) is 11.4. The van der Waals surface area contributed by atoms with Crippen LogP contribution in [0.3, 0.4) is 0 Å². The van der Waals surface area contributed by atoms with Gasteiger partial charge in [-0.1, -0.05) is 36.4 Å². The highest BCUT2D eigenvalue weighted by atomic mass is 19.1. The number of para-hydroxylation sites is 2. The molecule has 5 rings (SSSR count). The van der Waals surface area contributed by atoms with Gasteiger partial charge in [-0.15, -0.1) is 0 Å². The van der Waals surface area contributed by atoms with Gasteiger partial charge < -0.3 is 15.4 Å². The number of hydrogen-bond acceptors (Lipinski definition) is 4. The molecule has 0 radical (unpaired) electrons. The van der Waals surface area contributed by atoms with Gasteiger partial charge in [-0.05, 0) is 73.7 Å². The Morgan fingerprint density at radius 1 is 0.909 bits per heavy atom. The van der Waals surface area contributed by atoms with Crippen molar-refractivity contribution in [2.45, 2.75) is 44.8 Å². The first-order valence-corrected chi connectivity index (χ1v) is 11.4. The van der Waals surface area contributed by atoms with Crippen molar-refractivity contribution in [1.29, 1.82) is 0 Å². The SMILES string of the molecule is CC(C)Oc1ccc(C2CC(=O)C3=C(C2)Nc2ccccc2NC3c2cccc(F)c2)cc1. The van der Waals surface area contributed by atoms with Crippen molar-refractivity contribution in [3.05, 3.63) is 101 Å². The van der Waals surface area contributed by atoms with E-state index in [0.717, 1.165) is 33.9 Å². The van der Waals surface area contributed by atoms with Gasteiger partial charge in [-0.25, -0.2) is 4.39 Å². The second-order valence-electron chi connectivity index (χ2n) is 8.96. The number of nitrogens with one attached hydrogen (secondary N) is 2. The predicted molar refractivity (Wildman–Crippen MR) is 129 cm³/mol. The molecule has 0 saturated carbocycles. The van der Waals surface area contributed by atoms with Gasteiger partial charge in [0.1, 0.15) is 11.6 Å². The Bertz CT molecular complexity index is 1220. The molecule has 3 aromatic carbocycles. The lowest BCUT2D eigenvalue weighted by atomic mass is 9.78. The fourth-order valence-electron chi connectivity index (χ4n) is 4.75. The lowest BCUT2D eigenvalue weighted by Gasteiger charge is -2.30. The number of ether oxygens (including phenoxy) is 1. The van der Waals surface area contributed by atoms with Gasteiger partial charge in [0.05, 0.1) is 23.5 Å². The van der Waals surface area contributed by atoms with E-state index in [9.17, 15) is 9.18 Å². The quantitative estimate of drug-likeness (QED) is 0.478. The smallest absolute Gasteiger partial charge is 0.163 e. The van der Waals surface area contributed by atoms with Crippen LogP contribution in [0.25, 0.3) is 0 Å². The zero-order valence-electron chi connectivity index (χ0n) is 18.8. The Kier molecular flexibility index (Phi) is 5.63. The fraction of sp³-hybridized carbons (Fsp3) is 0.250. The van der Waals surface area contributed by atoms with E-state index in [4.69, 9.17) is 4.74 Å². The fourth-order valence-corrected chi connectivity index (χ4v) is 4.75. The maximum Gasteiger partial charge on any atom is 0.163 e. The number of anilines is 2. The number of rotatable bonds is 4. The summed E-state index contributed by atoms with van der Waals surface area (Å²) in [5.41, 5.74) is 5.24. The first kappa shape index (κ1) is 21.3. The van der Waals surface area contributed by atoms with E-state index in [-0.39, 0.29) is 23.6 Å². The number of ketones is 1. The molecule has 4 nitrogen and oxygen atoms in total. The van der Waals surface area contributed by atoms with E-state index < -0.39 is 6.04 Å². The molecule has 2 atom stereocenters. The molecule has 0 aromatic heterocycles. The molecule has 0 bridgehead atoms. The van der Waals surface area contributed by atoms with Crippen LogP contribution in [0.2, 0.25) is 0 Å². The van der Waals surface area contributed by atoms with Crippen LogP contribution in [0.4, 0.5) is 15.8 Å². The Morgan fingerprint density at radius 3 is 2.39 bits per heavy atom. The largest absolute Gasteiger partial charge is 0.491 e. The number of benzene rings is 3. The molecule has 5 heteroatoms. The van der Waals surface area contributed by atoms with Crippen LogP contribution in [-0.4, -0.2) is 11.9 Å². The van der Waals surface area contributed by atoms with Crippen molar-refractivity contribution in [2.24, 2.45) is 0 Å². The van der Waals surface area contributed by atoms with E-state index in [2.05, 4.69) is 10.6 Å². The minimum Gasteiger partial charge on any atom is -0.491 e. The van der Waals surface area contributed by atoms with Gasteiger partial charge in [0.2, 0.25) is 0 Å². The number of halogens is 1.